The van der Waals surface area contributed by atoms with Gasteiger partial charge in [-0.2, -0.15) is 0 Å². The molecule has 1 amide bonds. The molecule has 0 aliphatic carbocycles. The molecular formula is C51H104N2O6P+. The Hall–Kier alpha value is -0.760. The van der Waals surface area contributed by atoms with Crippen LogP contribution < -0.4 is 5.32 Å². The van der Waals surface area contributed by atoms with Gasteiger partial charge in [0, 0.05) is 6.42 Å². The Bertz CT molecular complexity index is 989. The van der Waals surface area contributed by atoms with E-state index in [9.17, 15) is 19.4 Å². The third-order valence-corrected chi connectivity index (χ3v) is 13.0. The van der Waals surface area contributed by atoms with Crippen molar-refractivity contribution >= 4 is 13.7 Å². The summed E-state index contributed by atoms with van der Waals surface area (Å²) >= 11 is 0. The van der Waals surface area contributed by atoms with Gasteiger partial charge in [-0.1, -0.05) is 244 Å². The van der Waals surface area contributed by atoms with Crippen molar-refractivity contribution < 1.29 is 32.9 Å². The van der Waals surface area contributed by atoms with Crippen LogP contribution in [-0.4, -0.2) is 73.4 Å². The van der Waals surface area contributed by atoms with Crippen molar-refractivity contribution in [2.24, 2.45) is 0 Å². The first-order valence-corrected chi connectivity index (χ1v) is 27.6. The molecule has 0 rings (SSSR count). The quantitative estimate of drug-likeness (QED) is 0.0243. The summed E-state index contributed by atoms with van der Waals surface area (Å²) < 4.78 is 23.6. The lowest BCUT2D eigenvalue weighted by Crippen LogP contribution is -2.45. The molecule has 3 unspecified atom stereocenters. The van der Waals surface area contributed by atoms with Crippen molar-refractivity contribution in [3.05, 3.63) is 12.2 Å². The number of rotatable bonds is 48. The predicted molar refractivity (Wildman–Crippen MR) is 259 cm³/mol. The summed E-state index contributed by atoms with van der Waals surface area (Å²) in [5.41, 5.74) is 0. The van der Waals surface area contributed by atoms with Gasteiger partial charge >= 0.3 is 7.82 Å². The number of phosphoric ester groups is 1. The number of carbonyl (C=O) groups excluding carboxylic acids is 1. The summed E-state index contributed by atoms with van der Waals surface area (Å²) in [4.78, 5) is 23.2. The van der Waals surface area contributed by atoms with Gasteiger partial charge in [-0.25, -0.2) is 4.57 Å². The maximum absolute atomic E-state index is 12.9. The molecule has 60 heavy (non-hydrogen) atoms. The van der Waals surface area contributed by atoms with E-state index in [1.165, 1.54) is 205 Å². The molecule has 0 fully saturated rings. The topological polar surface area (TPSA) is 105 Å². The lowest BCUT2D eigenvalue weighted by molar-refractivity contribution is -0.870. The van der Waals surface area contributed by atoms with E-state index in [2.05, 4.69) is 19.2 Å². The van der Waals surface area contributed by atoms with Crippen molar-refractivity contribution in [2.45, 2.75) is 270 Å². The summed E-state index contributed by atoms with van der Waals surface area (Å²) in [5.74, 6) is -0.173. The van der Waals surface area contributed by atoms with Crippen LogP contribution in [0.5, 0.6) is 0 Å². The Morgan fingerprint density at radius 1 is 0.550 bits per heavy atom. The third kappa shape index (κ3) is 45.3. The van der Waals surface area contributed by atoms with Crippen LogP contribution in [0.15, 0.2) is 12.2 Å². The van der Waals surface area contributed by atoms with Gasteiger partial charge in [-0.15, -0.1) is 0 Å². The first-order chi connectivity index (χ1) is 29.0. The van der Waals surface area contributed by atoms with E-state index >= 15 is 0 Å². The first-order valence-electron chi connectivity index (χ1n) is 26.1. The van der Waals surface area contributed by atoms with Crippen LogP contribution in [0.2, 0.25) is 0 Å². The average molecular weight is 872 g/mol. The van der Waals surface area contributed by atoms with Crippen LogP contribution in [0.25, 0.3) is 0 Å². The number of quaternary nitrogens is 1. The minimum absolute atomic E-state index is 0.0649. The van der Waals surface area contributed by atoms with E-state index in [0.29, 0.717) is 17.4 Å². The van der Waals surface area contributed by atoms with Crippen LogP contribution in [-0.2, 0) is 18.4 Å². The van der Waals surface area contributed by atoms with E-state index in [4.69, 9.17) is 9.05 Å². The zero-order chi connectivity index (χ0) is 44.3. The highest BCUT2D eigenvalue weighted by Crippen LogP contribution is 2.43. The van der Waals surface area contributed by atoms with Gasteiger partial charge in [-0.05, 0) is 19.3 Å². The highest BCUT2D eigenvalue weighted by Gasteiger charge is 2.27. The number of aliphatic hydroxyl groups excluding tert-OH is 1. The second-order valence-electron chi connectivity index (χ2n) is 19.3. The fraction of sp³-hybridized carbons (Fsp3) is 0.941. The van der Waals surface area contributed by atoms with Crippen LogP contribution in [0.4, 0.5) is 0 Å². The minimum atomic E-state index is -4.34. The summed E-state index contributed by atoms with van der Waals surface area (Å²) in [5, 5.41) is 13.9. The van der Waals surface area contributed by atoms with Crippen molar-refractivity contribution in [3.8, 4) is 0 Å². The molecule has 0 aliphatic heterocycles. The molecule has 0 radical (unpaired) electrons. The number of nitrogens with zero attached hydrogens (tertiary/aromatic N) is 1. The number of allylic oxidation sites excluding steroid dienone is 1. The number of hydrogen-bond donors (Lipinski definition) is 3. The van der Waals surface area contributed by atoms with Crippen LogP contribution >= 0.6 is 7.82 Å². The number of phosphoric acid groups is 1. The highest BCUT2D eigenvalue weighted by molar-refractivity contribution is 7.47. The summed E-state index contributed by atoms with van der Waals surface area (Å²) in [7, 11) is 1.59. The van der Waals surface area contributed by atoms with E-state index in [1.807, 2.05) is 27.2 Å². The first kappa shape index (κ1) is 59.2. The minimum Gasteiger partial charge on any atom is -0.387 e. The van der Waals surface area contributed by atoms with Crippen molar-refractivity contribution in [1.29, 1.82) is 0 Å². The van der Waals surface area contributed by atoms with E-state index in [1.54, 1.807) is 6.08 Å². The lowest BCUT2D eigenvalue weighted by atomic mass is 10.0. The van der Waals surface area contributed by atoms with E-state index in [-0.39, 0.29) is 19.1 Å². The smallest absolute Gasteiger partial charge is 0.387 e. The molecule has 0 aromatic heterocycles. The molecule has 3 N–H and O–H groups in total. The number of hydrogen-bond acceptors (Lipinski definition) is 5. The van der Waals surface area contributed by atoms with Gasteiger partial charge < -0.3 is 19.8 Å². The summed E-state index contributed by atoms with van der Waals surface area (Å²) in [6.07, 6.45) is 51.5. The van der Waals surface area contributed by atoms with Gasteiger partial charge in [0.25, 0.3) is 0 Å². The molecule has 0 bridgehead atoms. The number of aliphatic hydroxyl groups is 1. The van der Waals surface area contributed by atoms with Crippen molar-refractivity contribution in [3.63, 3.8) is 0 Å². The van der Waals surface area contributed by atoms with Crippen molar-refractivity contribution in [1.82, 2.24) is 5.32 Å². The molecule has 358 valence electrons. The number of amides is 1. The summed E-state index contributed by atoms with van der Waals surface area (Å²) in [6.45, 7) is 4.84. The number of nitrogens with one attached hydrogen (secondary N) is 1. The van der Waals surface area contributed by atoms with Crippen LogP contribution in [0, 0.1) is 0 Å². The van der Waals surface area contributed by atoms with E-state index in [0.717, 1.165) is 32.1 Å². The monoisotopic (exact) mass is 872 g/mol. The van der Waals surface area contributed by atoms with Gasteiger partial charge in [-0.3, -0.25) is 13.8 Å². The van der Waals surface area contributed by atoms with Crippen molar-refractivity contribution in [2.75, 3.05) is 40.9 Å². The normalized spacial score (nSPS) is 14.2. The number of unbranched alkanes of at least 4 members (excludes halogenated alkanes) is 35. The second kappa shape index (κ2) is 43.5. The zero-order valence-corrected chi connectivity index (χ0v) is 41.6. The Morgan fingerprint density at radius 2 is 0.883 bits per heavy atom. The molecule has 0 aromatic rings. The van der Waals surface area contributed by atoms with Crippen LogP contribution in [0.3, 0.4) is 0 Å². The van der Waals surface area contributed by atoms with E-state index < -0.39 is 20.0 Å². The molecular weight excluding hydrogens is 768 g/mol. The second-order valence-corrected chi connectivity index (χ2v) is 20.7. The molecule has 0 aromatic carbocycles. The van der Waals surface area contributed by atoms with Gasteiger partial charge in [0.1, 0.15) is 13.2 Å². The van der Waals surface area contributed by atoms with Gasteiger partial charge in [0.15, 0.2) is 0 Å². The molecule has 0 heterocycles. The van der Waals surface area contributed by atoms with Crippen LogP contribution in [0.1, 0.15) is 258 Å². The summed E-state index contributed by atoms with van der Waals surface area (Å²) in [6, 6.07) is -0.840. The number of carbonyl (C=O) groups is 1. The largest absolute Gasteiger partial charge is 0.472 e. The molecule has 0 aliphatic rings. The fourth-order valence-electron chi connectivity index (χ4n) is 7.87. The Morgan fingerprint density at radius 3 is 1.23 bits per heavy atom. The lowest BCUT2D eigenvalue weighted by Gasteiger charge is -2.25. The predicted octanol–water partition coefficient (Wildman–Crippen LogP) is 15.1. The molecule has 3 atom stereocenters. The maximum atomic E-state index is 12.9. The highest BCUT2D eigenvalue weighted by atomic mass is 31.2. The van der Waals surface area contributed by atoms with Gasteiger partial charge in [0.2, 0.25) is 5.91 Å². The zero-order valence-electron chi connectivity index (χ0n) is 40.7. The standard InChI is InChI=1S/C51H103N2O6P/c1-6-8-10-12-14-16-18-20-21-22-23-24-25-26-27-28-29-30-31-33-34-36-38-40-42-44-50(54)49(48-59-60(56,57)58-47-46-53(3,4)5)52-51(55)45-43-41-39-37-35-32-19-17-15-13-11-9-7-2/h42,44,49-50,54H,6-41,43,45-48H2,1-5H3,(H-,52,55,56,57)/p+1/b44-42+. The molecule has 0 saturated heterocycles. The molecule has 0 spiro atoms. The molecule has 8 nitrogen and oxygen atoms in total. The fourth-order valence-corrected chi connectivity index (χ4v) is 8.60. The third-order valence-electron chi connectivity index (χ3n) is 12.0. The molecule has 9 heteroatoms. The Labute approximate surface area is 373 Å². The molecule has 0 saturated carbocycles. The average Bonchev–Trinajstić information content (AvgIpc) is 3.20. The SMILES string of the molecule is CCCCCCCCCCCCCCCCCCCCCCCCC/C=C/C(O)C(COP(=O)(O)OCC[N+](C)(C)C)NC(=O)CCCCCCCCCCCCCCC. The number of likely N-dealkylation sites (N-methyl/N-ethyl adjacent to an activating group) is 1. The Kier molecular flexibility index (Phi) is 42.9. The maximum Gasteiger partial charge on any atom is 0.472 e. The Balaban J connectivity index is 4.19. The van der Waals surface area contributed by atoms with Gasteiger partial charge in [0.05, 0.1) is 39.9 Å².